The summed E-state index contributed by atoms with van der Waals surface area (Å²) in [5.41, 5.74) is 0.983. The molecule has 1 heteroatoms. The molecule has 0 amide bonds. The van der Waals surface area contributed by atoms with Crippen LogP contribution in [0.25, 0.3) is 0 Å². The van der Waals surface area contributed by atoms with E-state index < -0.39 is 0 Å². The van der Waals surface area contributed by atoms with Crippen molar-refractivity contribution in [3.63, 3.8) is 0 Å². The summed E-state index contributed by atoms with van der Waals surface area (Å²) in [5.74, 6) is 6.69. The summed E-state index contributed by atoms with van der Waals surface area (Å²) < 4.78 is 0. The van der Waals surface area contributed by atoms with Crippen molar-refractivity contribution in [3.05, 3.63) is 0 Å². The topological polar surface area (TPSA) is 17.1 Å². The standard InChI is InChI=1S/C15H22O/c1-5-6-13(16)11-7-15(8-11)9-12(10-15)14(2,3)4/h11-12H,7-10H2,1-4H3. The molecule has 0 saturated heterocycles. The van der Waals surface area contributed by atoms with Crippen molar-refractivity contribution in [2.45, 2.75) is 53.4 Å². The Morgan fingerprint density at radius 3 is 2.19 bits per heavy atom. The first kappa shape index (κ1) is 11.7. The summed E-state index contributed by atoms with van der Waals surface area (Å²) >= 11 is 0. The van der Waals surface area contributed by atoms with Gasteiger partial charge in [0.1, 0.15) is 0 Å². The molecule has 0 aromatic heterocycles. The highest BCUT2D eigenvalue weighted by atomic mass is 16.1. The van der Waals surface area contributed by atoms with Crippen LogP contribution in [-0.2, 0) is 4.79 Å². The first-order valence-electron chi connectivity index (χ1n) is 6.33. The molecule has 2 fully saturated rings. The molecule has 16 heavy (non-hydrogen) atoms. The van der Waals surface area contributed by atoms with Crippen LogP contribution in [0.5, 0.6) is 0 Å². The molecule has 88 valence electrons. The first-order chi connectivity index (χ1) is 7.36. The summed E-state index contributed by atoms with van der Waals surface area (Å²) in [6.07, 6.45) is 4.87. The molecule has 2 rings (SSSR count). The Hall–Kier alpha value is -0.770. The van der Waals surface area contributed by atoms with Crippen LogP contribution in [0.2, 0.25) is 0 Å². The molecule has 1 nitrogen and oxygen atoms in total. The van der Waals surface area contributed by atoms with Gasteiger partial charge < -0.3 is 0 Å². The van der Waals surface area contributed by atoms with Crippen LogP contribution in [0.15, 0.2) is 0 Å². The van der Waals surface area contributed by atoms with Crippen molar-refractivity contribution in [1.82, 2.24) is 0 Å². The average Bonchev–Trinajstić information content (AvgIpc) is 1.96. The quantitative estimate of drug-likeness (QED) is 0.487. The number of carbonyl (C=O) groups excluding carboxylic acids is 1. The van der Waals surface area contributed by atoms with Gasteiger partial charge in [-0.15, -0.1) is 0 Å². The predicted octanol–water partition coefficient (Wildman–Crippen LogP) is 3.43. The summed E-state index contributed by atoms with van der Waals surface area (Å²) in [6.45, 7) is 8.72. The lowest BCUT2D eigenvalue weighted by Gasteiger charge is -2.60. The number of rotatable bonds is 1. The molecule has 0 radical (unpaired) electrons. The van der Waals surface area contributed by atoms with E-state index in [-0.39, 0.29) is 11.7 Å². The molecular weight excluding hydrogens is 196 g/mol. The Labute approximate surface area is 99.0 Å². The molecule has 0 atom stereocenters. The molecule has 0 aromatic rings. The molecule has 0 N–H and O–H groups in total. The van der Waals surface area contributed by atoms with Crippen molar-refractivity contribution >= 4 is 5.78 Å². The van der Waals surface area contributed by atoms with E-state index >= 15 is 0 Å². The van der Waals surface area contributed by atoms with Gasteiger partial charge in [0, 0.05) is 5.92 Å². The predicted molar refractivity (Wildman–Crippen MR) is 65.8 cm³/mol. The third kappa shape index (κ3) is 1.90. The molecule has 2 saturated carbocycles. The van der Waals surface area contributed by atoms with E-state index in [9.17, 15) is 4.79 Å². The van der Waals surface area contributed by atoms with Crippen molar-refractivity contribution < 1.29 is 4.79 Å². The second-order valence-electron chi connectivity index (χ2n) is 6.82. The summed E-state index contributed by atoms with van der Waals surface area (Å²) in [7, 11) is 0. The van der Waals surface area contributed by atoms with Crippen LogP contribution < -0.4 is 0 Å². The van der Waals surface area contributed by atoms with E-state index in [0.717, 1.165) is 18.8 Å². The fourth-order valence-corrected chi connectivity index (χ4v) is 3.33. The van der Waals surface area contributed by atoms with Gasteiger partial charge >= 0.3 is 0 Å². The number of hydrogen-bond donors (Lipinski definition) is 0. The fraction of sp³-hybridized carbons (Fsp3) is 0.800. The van der Waals surface area contributed by atoms with Gasteiger partial charge in [-0.3, -0.25) is 4.79 Å². The largest absolute Gasteiger partial charge is 0.285 e. The summed E-state index contributed by atoms with van der Waals surface area (Å²) in [5, 5.41) is 0. The minimum absolute atomic E-state index is 0.173. The Kier molecular flexibility index (Phi) is 2.65. The molecular formula is C15H22O. The maximum absolute atomic E-state index is 11.6. The van der Waals surface area contributed by atoms with Gasteiger partial charge in [-0.05, 0) is 55.3 Å². The van der Waals surface area contributed by atoms with Crippen molar-refractivity contribution in [2.24, 2.45) is 22.7 Å². The van der Waals surface area contributed by atoms with Crippen LogP contribution in [-0.4, -0.2) is 5.78 Å². The maximum Gasteiger partial charge on any atom is 0.208 e. The SMILES string of the molecule is CC#CC(=O)C1CC2(C1)CC(C(C)(C)C)C2. The van der Waals surface area contributed by atoms with Gasteiger partial charge in [0.25, 0.3) is 0 Å². The molecule has 2 aliphatic rings. The van der Waals surface area contributed by atoms with E-state index in [0.29, 0.717) is 10.8 Å². The van der Waals surface area contributed by atoms with Crippen LogP contribution in [0, 0.1) is 34.5 Å². The van der Waals surface area contributed by atoms with E-state index in [1.165, 1.54) is 12.8 Å². The average molecular weight is 218 g/mol. The number of carbonyl (C=O) groups is 1. The molecule has 0 aromatic carbocycles. The Morgan fingerprint density at radius 2 is 1.75 bits per heavy atom. The van der Waals surface area contributed by atoms with E-state index in [1.54, 1.807) is 6.92 Å². The zero-order chi connectivity index (χ0) is 12.0. The lowest BCUT2D eigenvalue weighted by molar-refractivity contribution is -0.139. The van der Waals surface area contributed by atoms with E-state index in [4.69, 9.17) is 0 Å². The summed E-state index contributed by atoms with van der Waals surface area (Å²) in [6, 6.07) is 0. The molecule has 2 aliphatic carbocycles. The summed E-state index contributed by atoms with van der Waals surface area (Å²) in [4.78, 5) is 11.6. The second kappa shape index (κ2) is 3.62. The third-order valence-electron chi connectivity index (χ3n) is 4.56. The second-order valence-corrected chi connectivity index (χ2v) is 6.82. The number of hydrogen-bond acceptors (Lipinski definition) is 1. The van der Waals surface area contributed by atoms with Gasteiger partial charge in [0.05, 0.1) is 0 Å². The van der Waals surface area contributed by atoms with Crippen molar-refractivity contribution in [3.8, 4) is 11.8 Å². The van der Waals surface area contributed by atoms with E-state index in [1.807, 2.05) is 0 Å². The van der Waals surface area contributed by atoms with Gasteiger partial charge in [-0.2, -0.15) is 0 Å². The van der Waals surface area contributed by atoms with Gasteiger partial charge in [0.2, 0.25) is 5.78 Å². The van der Waals surface area contributed by atoms with Gasteiger partial charge in [0.15, 0.2) is 0 Å². The van der Waals surface area contributed by atoms with Crippen molar-refractivity contribution in [2.75, 3.05) is 0 Å². The van der Waals surface area contributed by atoms with Gasteiger partial charge in [-0.25, -0.2) is 0 Å². The third-order valence-corrected chi connectivity index (χ3v) is 4.56. The Morgan fingerprint density at radius 1 is 1.19 bits per heavy atom. The van der Waals surface area contributed by atoms with Gasteiger partial charge in [-0.1, -0.05) is 26.7 Å². The number of ketones is 1. The van der Waals surface area contributed by atoms with Crippen molar-refractivity contribution in [1.29, 1.82) is 0 Å². The smallest absolute Gasteiger partial charge is 0.208 e. The Bertz CT molecular complexity index is 347. The highest BCUT2D eigenvalue weighted by molar-refractivity contribution is 5.97. The highest BCUT2D eigenvalue weighted by Gasteiger charge is 2.56. The molecule has 0 unspecified atom stereocenters. The van der Waals surface area contributed by atoms with Crippen LogP contribution in [0.3, 0.4) is 0 Å². The minimum atomic E-state index is 0.173. The first-order valence-corrected chi connectivity index (χ1v) is 6.33. The zero-order valence-electron chi connectivity index (χ0n) is 10.9. The minimum Gasteiger partial charge on any atom is -0.285 e. The molecule has 1 spiro atoms. The highest BCUT2D eigenvalue weighted by Crippen LogP contribution is 2.64. The van der Waals surface area contributed by atoms with Crippen LogP contribution in [0.1, 0.15) is 53.4 Å². The fourth-order valence-electron chi connectivity index (χ4n) is 3.33. The molecule has 0 aliphatic heterocycles. The van der Waals surface area contributed by atoms with E-state index in [2.05, 4.69) is 32.6 Å². The normalized spacial score (nSPS) is 37.0. The zero-order valence-corrected chi connectivity index (χ0v) is 10.9. The van der Waals surface area contributed by atoms with Crippen LogP contribution >= 0.6 is 0 Å². The Balaban J connectivity index is 1.82. The monoisotopic (exact) mass is 218 g/mol. The van der Waals surface area contributed by atoms with Crippen LogP contribution in [0.4, 0.5) is 0 Å². The molecule has 0 heterocycles. The lowest BCUT2D eigenvalue weighted by atomic mass is 9.44. The number of Topliss-reactive ketones (excluding diaryl/α,β-unsaturated/α-hetero) is 1. The maximum atomic E-state index is 11.6. The molecule has 0 bridgehead atoms. The lowest BCUT2D eigenvalue weighted by Crippen LogP contribution is -2.52.